The van der Waals surface area contributed by atoms with Crippen LogP contribution in [0.25, 0.3) is 11.1 Å². The molecular formula is C11H6Cl2NO. The van der Waals surface area contributed by atoms with Crippen LogP contribution in [0.2, 0.25) is 10.0 Å². The van der Waals surface area contributed by atoms with E-state index >= 15 is 0 Å². The standard InChI is InChI=1S/C11H6Cl2NO/c12-8-1-2-11(15)10(4-8)7-3-9(13)6-14-5-7/h1-6H. The molecule has 4 heteroatoms. The minimum absolute atomic E-state index is 0.0940. The van der Waals surface area contributed by atoms with Crippen molar-refractivity contribution in [2.24, 2.45) is 0 Å². The predicted octanol–water partition coefficient (Wildman–Crippen LogP) is 4.20. The molecule has 15 heavy (non-hydrogen) atoms. The van der Waals surface area contributed by atoms with E-state index < -0.39 is 0 Å². The first kappa shape index (κ1) is 10.3. The molecule has 0 atom stereocenters. The molecule has 0 N–H and O–H groups in total. The van der Waals surface area contributed by atoms with Gasteiger partial charge in [-0.15, -0.1) is 0 Å². The molecule has 0 unspecified atom stereocenters. The highest BCUT2D eigenvalue weighted by atomic mass is 35.5. The average molecular weight is 239 g/mol. The molecule has 1 aromatic carbocycles. The average Bonchev–Trinajstić information content (AvgIpc) is 2.22. The van der Waals surface area contributed by atoms with Crippen LogP contribution in [0.3, 0.4) is 0 Å². The lowest BCUT2D eigenvalue weighted by atomic mass is 10.1. The Balaban J connectivity index is 2.58. The fraction of sp³-hybridized carbons (Fsp3) is 0. The van der Waals surface area contributed by atoms with Crippen molar-refractivity contribution in [3.8, 4) is 16.9 Å². The highest BCUT2D eigenvalue weighted by Crippen LogP contribution is 2.32. The third kappa shape index (κ3) is 2.22. The summed E-state index contributed by atoms with van der Waals surface area (Å²) in [7, 11) is 0. The van der Waals surface area contributed by atoms with Gasteiger partial charge < -0.3 is 0 Å². The Morgan fingerprint density at radius 2 is 1.80 bits per heavy atom. The lowest BCUT2D eigenvalue weighted by molar-refractivity contribution is 0.356. The molecule has 0 saturated heterocycles. The van der Waals surface area contributed by atoms with Gasteiger partial charge in [-0.2, -0.15) is 0 Å². The Bertz CT molecular complexity index is 500. The fourth-order valence-corrected chi connectivity index (χ4v) is 1.63. The predicted molar refractivity (Wildman–Crippen MR) is 59.8 cm³/mol. The second kappa shape index (κ2) is 4.09. The lowest BCUT2D eigenvalue weighted by Gasteiger charge is -2.03. The molecule has 2 rings (SSSR count). The summed E-state index contributed by atoms with van der Waals surface area (Å²) >= 11 is 11.6. The number of pyridine rings is 1. The minimum Gasteiger partial charge on any atom is -0.289 e. The number of aromatic nitrogens is 1. The van der Waals surface area contributed by atoms with E-state index in [1.54, 1.807) is 24.4 Å². The van der Waals surface area contributed by atoms with E-state index in [2.05, 4.69) is 4.98 Å². The highest BCUT2D eigenvalue weighted by molar-refractivity contribution is 6.31. The largest absolute Gasteiger partial charge is 0.289 e. The van der Waals surface area contributed by atoms with E-state index in [-0.39, 0.29) is 5.75 Å². The number of benzene rings is 1. The van der Waals surface area contributed by atoms with Gasteiger partial charge in [0.15, 0.2) is 5.75 Å². The Morgan fingerprint density at radius 3 is 2.53 bits per heavy atom. The molecule has 0 bridgehead atoms. The van der Waals surface area contributed by atoms with Crippen molar-refractivity contribution < 1.29 is 5.11 Å². The van der Waals surface area contributed by atoms with E-state index in [0.717, 1.165) is 0 Å². The molecule has 0 aliphatic heterocycles. The SMILES string of the molecule is [O]c1ccc(Cl)cc1-c1cncc(Cl)c1. The van der Waals surface area contributed by atoms with Crippen molar-refractivity contribution in [2.45, 2.75) is 0 Å². The van der Waals surface area contributed by atoms with Crippen LogP contribution in [-0.4, -0.2) is 4.98 Å². The van der Waals surface area contributed by atoms with Gasteiger partial charge in [0.1, 0.15) is 0 Å². The molecule has 2 aromatic rings. The molecule has 0 amide bonds. The summed E-state index contributed by atoms with van der Waals surface area (Å²) in [5.41, 5.74) is 1.19. The molecule has 1 radical (unpaired) electrons. The first-order valence-electron chi connectivity index (χ1n) is 4.24. The Morgan fingerprint density at radius 1 is 1.00 bits per heavy atom. The normalized spacial score (nSPS) is 10.3. The van der Waals surface area contributed by atoms with Crippen molar-refractivity contribution in [2.75, 3.05) is 0 Å². The molecule has 0 aliphatic carbocycles. The van der Waals surface area contributed by atoms with Crippen molar-refractivity contribution >= 4 is 23.2 Å². The Kier molecular flexibility index (Phi) is 2.80. The van der Waals surface area contributed by atoms with Gasteiger partial charge in [-0.3, -0.25) is 10.1 Å². The lowest BCUT2D eigenvalue weighted by Crippen LogP contribution is -1.81. The second-order valence-electron chi connectivity index (χ2n) is 3.03. The first-order chi connectivity index (χ1) is 7.16. The number of hydrogen-bond donors (Lipinski definition) is 0. The maximum Gasteiger partial charge on any atom is 0.186 e. The van der Waals surface area contributed by atoms with E-state index in [1.807, 2.05) is 0 Å². The Hall–Kier alpha value is -1.25. The molecule has 1 aromatic heterocycles. The maximum absolute atomic E-state index is 11.6. The maximum atomic E-state index is 11.6. The molecule has 1 heterocycles. The summed E-state index contributed by atoms with van der Waals surface area (Å²) in [6.07, 6.45) is 3.10. The molecule has 0 aliphatic rings. The third-order valence-corrected chi connectivity index (χ3v) is 2.40. The monoisotopic (exact) mass is 238 g/mol. The topological polar surface area (TPSA) is 32.8 Å². The van der Waals surface area contributed by atoms with Gasteiger partial charge in [0.2, 0.25) is 0 Å². The van der Waals surface area contributed by atoms with Gasteiger partial charge in [-0.25, -0.2) is 0 Å². The third-order valence-electron chi connectivity index (χ3n) is 1.96. The van der Waals surface area contributed by atoms with Gasteiger partial charge in [0, 0.05) is 28.5 Å². The molecule has 0 spiro atoms. The van der Waals surface area contributed by atoms with Crippen LogP contribution in [0.1, 0.15) is 0 Å². The van der Waals surface area contributed by atoms with Crippen LogP contribution in [0.4, 0.5) is 0 Å². The summed E-state index contributed by atoms with van der Waals surface area (Å²) in [6, 6.07) is 6.28. The summed E-state index contributed by atoms with van der Waals surface area (Å²) in [4.78, 5) is 3.92. The molecule has 0 fully saturated rings. The van der Waals surface area contributed by atoms with Crippen LogP contribution >= 0.6 is 23.2 Å². The fourth-order valence-electron chi connectivity index (χ4n) is 1.29. The van der Waals surface area contributed by atoms with Gasteiger partial charge in [0.25, 0.3) is 0 Å². The van der Waals surface area contributed by atoms with E-state index in [0.29, 0.717) is 21.2 Å². The van der Waals surface area contributed by atoms with E-state index in [1.165, 1.54) is 12.3 Å². The van der Waals surface area contributed by atoms with Crippen molar-refractivity contribution in [3.63, 3.8) is 0 Å². The molecular weight excluding hydrogens is 233 g/mol. The van der Waals surface area contributed by atoms with E-state index in [9.17, 15) is 5.11 Å². The first-order valence-corrected chi connectivity index (χ1v) is 5.00. The van der Waals surface area contributed by atoms with Crippen molar-refractivity contribution in [1.82, 2.24) is 4.98 Å². The van der Waals surface area contributed by atoms with Gasteiger partial charge in [-0.05, 0) is 24.3 Å². The summed E-state index contributed by atoms with van der Waals surface area (Å²) in [5.74, 6) is -0.0940. The zero-order valence-corrected chi connectivity index (χ0v) is 9.09. The van der Waals surface area contributed by atoms with Gasteiger partial charge in [-0.1, -0.05) is 23.2 Å². The number of nitrogens with zero attached hydrogens (tertiary/aromatic N) is 1. The molecule has 0 saturated carbocycles. The number of hydrogen-bond acceptors (Lipinski definition) is 1. The van der Waals surface area contributed by atoms with Crippen molar-refractivity contribution in [1.29, 1.82) is 0 Å². The minimum atomic E-state index is -0.0940. The zero-order valence-electron chi connectivity index (χ0n) is 7.58. The second-order valence-corrected chi connectivity index (χ2v) is 3.91. The van der Waals surface area contributed by atoms with Crippen LogP contribution in [0, 0.1) is 0 Å². The van der Waals surface area contributed by atoms with Crippen molar-refractivity contribution in [3.05, 3.63) is 46.7 Å². The van der Waals surface area contributed by atoms with Crippen LogP contribution < -0.4 is 0 Å². The van der Waals surface area contributed by atoms with Gasteiger partial charge >= 0.3 is 0 Å². The van der Waals surface area contributed by atoms with Gasteiger partial charge in [0.05, 0.1) is 5.02 Å². The summed E-state index contributed by atoms with van der Waals surface area (Å²) in [6.45, 7) is 0. The smallest absolute Gasteiger partial charge is 0.186 e. The molecule has 2 nitrogen and oxygen atoms in total. The van der Waals surface area contributed by atoms with E-state index in [4.69, 9.17) is 23.2 Å². The zero-order chi connectivity index (χ0) is 10.8. The highest BCUT2D eigenvalue weighted by Gasteiger charge is 2.07. The number of halogens is 2. The van der Waals surface area contributed by atoms with Crippen LogP contribution in [-0.2, 0) is 5.11 Å². The summed E-state index contributed by atoms with van der Waals surface area (Å²) in [5, 5.41) is 12.6. The number of rotatable bonds is 1. The molecule has 75 valence electrons. The quantitative estimate of drug-likeness (QED) is 0.733. The summed E-state index contributed by atoms with van der Waals surface area (Å²) < 4.78 is 0. The van der Waals surface area contributed by atoms with Crippen LogP contribution in [0.5, 0.6) is 5.75 Å². The van der Waals surface area contributed by atoms with Crippen LogP contribution in [0.15, 0.2) is 36.7 Å². The Labute approximate surface area is 97.1 Å².